The summed E-state index contributed by atoms with van der Waals surface area (Å²) in [5.41, 5.74) is 0. The zero-order valence-electron chi connectivity index (χ0n) is 8.76. The highest BCUT2D eigenvalue weighted by atomic mass is 17.4. The van der Waals surface area contributed by atoms with Gasteiger partial charge in [-0.3, -0.25) is 9.59 Å². The van der Waals surface area contributed by atoms with E-state index in [0.29, 0.717) is 6.42 Å². The molecule has 0 aliphatic carbocycles. The van der Waals surface area contributed by atoms with Crippen LogP contribution < -0.4 is 0 Å². The molecular weight excluding hydrogens is 206 g/mol. The molecule has 0 unspecified atom stereocenters. The zero-order valence-corrected chi connectivity index (χ0v) is 8.76. The summed E-state index contributed by atoms with van der Waals surface area (Å²) < 4.78 is 0. The van der Waals surface area contributed by atoms with Crippen molar-refractivity contribution < 1.29 is 29.5 Å². The van der Waals surface area contributed by atoms with Gasteiger partial charge in [-0.2, -0.15) is 0 Å². The molecule has 7 heteroatoms. The molecule has 0 radical (unpaired) electrons. The summed E-state index contributed by atoms with van der Waals surface area (Å²) in [4.78, 5) is 33.9. The lowest BCUT2D eigenvalue weighted by molar-refractivity contribution is -0.585. The van der Waals surface area contributed by atoms with Gasteiger partial charge in [0.25, 0.3) is 0 Å². The monoisotopic (exact) mass is 221 g/mol. The number of hydrogen-bond acceptors (Lipinski definition) is 7. The largest absolute Gasteiger partial charge is 0.331 e. The van der Waals surface area contributed by atoms with E-state index in [9.17, 15) is 9.59 Å². The van der Waals surface area contributed by atoms with Crippen molar-refractivity contribution in [3.63, 3.8) is 0 Å². The molecule has 0 spiro atoms. The van der Waals surface area contributed by atoms with Crippen LogP contribution in [-0.2, 0) is 24.3 Å². The minimum Gasteiger partial charge on any atom is -0.307 e. The molecule has 0 amide bonds. The van der Waals surface area contributed by atoms with Gasteiger partial charge in [0.2, 0.25) is 5.39 Å². The summed E-state index contributed by atoms with van der Waals surface area (Å²) in [6.45, 7) is 3.45. The molecule has 0 aromatic heterocycles. The van der Waals surface area contributed by atoms with Gasteiger partial charge in [0.15, 0.2) is 0 Å². The first-order chi connectivity index (χ1) is 7.13. The quantitative estimate of drug-likeness (QED) is 0.510. The molecule has 0 saturated heterocycles. The van der Waals surface area contributed by atoms with Crippen molar-refractivity contribution in [2.45, 2.75) is 39.5 Å². The Balaban J connectivity index is 3.87. The van der Waals surface area contributed by atoms with E-state index in [1.165, 1.54) is 6.92 Å². The predicted molar refractivity (Wildman–Crippen MR) is 47.6 cm³/mol. The average Bonchev–Trinajstić information content (AvgIpc) is 2.25. The van der Waals surface area contributed by atoms with Crippen LogP contribution in [0.3, 0.4) is 0 Å². The minimum atomic E-state index is -0.702. The van der Waals surface area contributed by atoms with Crippen LogP contribution in [0.1, 0.15) is 39.5 Å². The van der Waals surface area contributed by atoms with Crippen LogP contribution in [0.5, 0.6) is 0 Å². The van der Waals surface area contributed by atoms with Crippen LogP contribution in [0.2, 0.25) is 0 Å². The molecule has 0 atom stereocenters. The van der Waals surface area contributed by atoms with Crippen molar-refractivity contribution in [2.75, 3.05) is 0 Å². The maximum absolute atomic E-state index is 11.0. The molecule has 0 aromatic carbocycles. The first-order valence-corrected chi connectivity index (χ1v) is 4.67. The van der Waals surface area contributed by atoms with Crippen LogP contribution >= 0.6 is 0 Å². The fourth-order valence-corrected chi connectivity index (χ4v) is 0.650. The summed E-state index contributed by atoms with van der Waals surface area (Å²) in [5.74, 6) is -1.36. The minimum absolute atomic E-state index is 0.0240. The normalized spacial score (nSPS) is 10.1. The fourth-order valence-electron chi connectivity index (χ4n) is 0.650. The van der Waals surface area contributed by atoms with E-state index in [-0.39, 0.29) is 18.2 Å². The fraction of sp³-hybridized carbons (Fsp3) is 0.750. The van der Waals surface area contributed by atoms with Gasteiger partial charge in [-0.1, -0.05) is 25.3 Å². The van der Waals surface area contributed by atoms with Gasteiger partial charge in [0.1, 0.15) is 0 Å². The van der Waals surface area contributed by atoms with Crippen molar-refractivity contribution >= 4 is 11.9 Å². The van der Waals surface area contributed by atoms with Crippen molar-refractivity contribution in [3.8, 4) is 0 Å². The van der Waals surface area contributed by atoms with Gasteiger partial charge in [-0.05, 0) is 6.42 Å². The Morgan fingerprint density at radius 3 is 2.27 bits per heavy atom. The topological polar surface area (TPSA) is 85.3 Å². The Kier molecular flexibility index (Phi) is 7.51. The van der Waals surface area contributed by atoms with E-state index >= 15 is 0 Å². The second kappa shape index (κ2) is 8.16. The summed E-state index contributed by atoms with van der Waals surface area (Å²) in [6, 6.07) is 0. The molecule has 0 heterocycles. The molecule has 0 fully saturated rings. The van der Waals surface area contributed by atoms with Crippen molar-refractivity contribution in [1.82, 2.24) is 5.39 Å². The Morgan fingerprint density at radius 1 is 1.20 bits per heavy atom. The maximum Gasteiger partial charge on any atom is 0.331 e. The van der Waals surface area contributed by atoms with E-state index in [1.54, 1.807) is 0 Å². The Hall–Kier alpha value is -1.18. The lowest BCUT2D eigenvalue weighted by Crippen LogP contribution is -2.29. The molecular formula is C8H15NO6. The molecule has 0 aliphatic rings. The first-order valence-electron chi connectivity index (χ1n) is 4.67. The zero-order chi connectivity index (χ0) is 11.7. The Bertz CT molecular complexity index is 207. The van der Waals surface area contributed by atoms with E-state index in [2.05, 4.69) is 14.7 Å². The molecule has 7 nitrogen and oxygen atoms in total. The second-order valence-electron chi connectivity index (χ2n) is 2.69. The number of hydrogen-bond donors (Lipinski definition) is 1. The van der Waals surface area contributed by atoms with Crippen molar-refractivity contribution in [2.24, 2.45) is 0 Å². The van der Waals surface area contributed by atoms with Crippen LogP contribution in [0, 0.1) is 0 Å². The number of carbonyl (C=O) groups is 2. The average molecular weight is 221 g/mol. The maximum atomic E-state index is 11.0. The van der Waals surface area contributed by atoms with Crippen LogP contribution in [-0.4, -0.2) is 22.6 Å². The first kappa shape index (κ1) is 13.8. The number of rotatable bonds is 7. The number of nitrogens with zero attached hydrogens (tertiary/aromatic N) is 1. The molecule has 0 rings (SSSR count). The summed E-state index contributed by atoms with van der Waals surface area (Å²) in [6.07, 6.45) is 1.68. The van der Waals surface area contributed by atoms with Crippen molar-refractivity contribution in [3.05, 3.63) is 0 Å². The van der Waals surface area contributed by atoms with Crippen LogP contribution in [0.25, 0.3) is 0 Å². The van der Waals surface area contributed by atoms with Gasteiger partial charge < -0.3 is 9.68 Å². The standard InChI is InChI=1S/C8H15NO6/c1-3-5-6-8(11)14-9(15-12)13-7(10)4-2/h12H,3-6H2,1-2H3. The molecule has 0 aromatic rings. The number of unbranched alkanes of at least 4 members (excludes halogenated alkanes) is 1. The molecule has 0 aliphatic heterocycles. The predicted octanol–water partition coefficient (Wildman–Crippen LogP) is 1.21. The summed E-state index contributed by atoms with van der Waals surface area (Å²) >= 11 is 0. The van der Waals surface area contributed by atoms with E-state index in [0.717, 1.165) is 6.42 Å². The lowest BCUT2D eigenvalue weighted by atomic mass is 10.3. The summed E-state index contributed by atoms with van der Waals surface area (Å²) in [5, 5.41) is 8.19. The third-order valence-electron chi connectivity index (χ3n) is 1.44. The van der Waals surface area contributed by atoms with Gasteiger partial charge >= 0.3 is 11.9 Å². The van der Waals surface area contributed by atoms with Crippen LogP contribution in [0.4, 0.5) is 0 Å². The van der Waals surface area contributed by atoms with E-state index < -0.39 is 11.9 Å². The van der Waals surface area contributed by atoms with Gasteiger partial charge in [-0.25, -0.2) is 5.26 Å². The molecule has 1 N–H and O–H groups in total. The van der Waals surface area contributed by atoms with Gasteiger partial charge in [0, 0.05) is 12.8 Å². The SMILES string of the molecule is CCCCC(=O)ON(OO)OC(=O)CC. The highest BCUT2D eigenvalue weighted by molar-refractivity contribution is 5.70. The molecule has 15 heavy (non-hydrogen) atoms. The highest BCUT2D eigenvalue weighted by Gasteiger charge is 2.16. The highest BCUT2D eigenvalue weighted by Crippen LogP contribution is 2.01. The van der Waals surface area contributed by atoms with Gasteiger partial charge in [-0.15, -0.1) is 0 Å². The third-order valence-corrected chi connectivity index (χ3v) is 1.44. The molecule has 88 valence electrons. The van der Waals surface area contributed by atoms with E-state index in [4.69, 9.17) is 5.26 Å². The lowest BCUT2D eigenvalue weighted by Gasteiger charge is -2.13. The van der Waals surface area contributed by atoms with Gasteiger partial charge in [0.05, 0.1) is 0 Å². The Morgan fingerprint density at radius 2 is 1.80 bits per heavy atom. The van der Waals surface area contributed by atoms with E-state index in [1.807, 2.05) is 6.92 Å². The Labute approximate surface area is 87.3 Å². The van der Waals surface area contributed by atoms with Crippen molar-refractivity contribution in [1.29, 1.82) is 0 Å². The summed E-state index contributed by atoms with van der Waals surface area (Å²) in [7, 11) is 0. The molecule has 0 saturated carbocycles. The smallest absolute Gasteiger partial charge is 0.307 e. The van der Waals surface area contributed by atoms with Crippen LogP contribution in [0.15, 0.2) is 0 Å². The number of carbonyl (C=O) groups excluding carboxylic acids is 2. The second-order valence-corrected chi connectivity index (χ2v) is 2.69. The molecule has 0 bridgehead atoms. The third kappa shape index (κ3) is 6.83.